The number of rotatable bonds is 11. The smallest absolute Gasteiger partial charge is 0.0238 e. The Bertz CT molecular complexity index is 2360. The van der Waals surface area contributed by atoms with E-state index in [-0.39, 0.29) is 0 Å². The van der Waals surface area contributed by atoms with Gasteiger partial charge in [-0.2, -0.15) is 0 Å². The van der Waals surface area contributed by atoms with Crippen molar-refractivity contribution in [1.29, 1.82) is 0 Å². The van der Waals surface area contributed by atoms with E-state index in [1.54, 1.807) is 21.8 Å². The molecule has 0 bridgehead atoms. The van der Waals surface area contributed by atoms with Crippen molar-refractivity contribution in [2.45, 2.75) is 20.1 Å². The fourth-order valence-corrected chi connectivity index (χ4v) is 20.3. The molecule has 0 aliphatic heterocycles. The molecular weight excluding hydrogens is 826 g/mol. The molecule has 0 radical (unpaired) electrons. The minimum atomic E-state index is -1.16. The van der Waals surface area contributed by atoms with Crippen LogP contribution in [0.25, 0.3) is 12.2 Å². The summed E-state index contributed by atoms with van der Waals surface area (Å²) in [6, 6.07) is 84.9. The van der Waals surface area contributed by atoms with Crippen LogP contribution in [0.3, 0.4) is 0 Å². The molecule has 8 aromatic rings. The Morgan fingerprint density at radius 2 is 0.576 bits per heavy atom. The van der Waals surface area contributed by atoms with E-state index in [2.05, 4.69) is 243 Å². The third-order valence-electron chi connectivity index (χ3n) is 11.1. The molecular formula is C56H46P2Zr. The fourth-order valence-electron chi connectivity index (χ4n) is 8.30. The summed E-state index contributed by atoms with van der Waals surface area (Å²) in [6.07, 6.45) is 7.41. The van der Waals surface area contributed by atoms with Crippen LogP contribution in [0.5, 0.6) is 0 Å². The predicted molar refractivity (Wildman–Crippen MR) is 253 cm³/mol. The van der Waals surface area contributed by atoms with Crippen LogP contribution in [0.2, 0.25) is 0 Å². The Morgan fingerprint density at radius 1 is 0.305 bits per heavy atom. The van der Waals surface area contributed by atoms with Crippen LogP contribution >= 0.6 is 15.8 Å². The molecule has 0 amide bonds. The average Bonchev–Trinajstić information content (AvgIpc) is 3.86. The Labute approximate surface area is 364 Å². The van der Waals surface area contributed by atoms with Gasteiger partial charge in [-0.15, -0.1) is 0 Å². The molecule has 0 N–H and O–H groups in total. The summed E-state index contributed by atoms with van der Waals surface area (Å²) in [7, 11) is -1.31. The molecule has 59 heavy (non-hydrogen) atoms. The van der Waals surface area contributed by atoms with E-state index in [9.17, 15) is 0 Å². The van der Waals surface area contributed by atoms with Crippen LogP contribution in [-0.4, -0.2) is 0 Å². The maximum Gasteiger partial charge on any atom is -0.0238 e. The molecule has 0 fully saturated rings. The zero-order valence-electron chi connectivity index (χ0n) is 33.1. The zero-order chi connectivity index (χ0) is 39.6. The quantitative estimate of drug-likeness (QED) is 0.114. The minimum Gasteiger partial charge on any atom is -0.0622 e. The second-order valence-corrected chi connectivity index (χ2v) is 23.0. The van der Waals surface area contributed by atoms with Gasteiger partial charge in [0.1, 0.15) is 0 Å². The van der Waals surface area contributed by atoms with Crippen LogP contribution < -0.4 is 21.2 Å². The molecule has 0 aromatic heterocycles. The second kappa shape index (κ2) is 19.4. The van der Waals surface area contributed by atoms with Gasteiger partial charge in [-0.05, 0) is 24.0 Å². The first-order valence-corrected chi connectivity index (χ1v) is 26.1. The van der Waals surface area contributed by atoms with Crippen molar-refractivity contribution in [3.05, 3.63) is 275 Å². The third kappa shape index (κ3) is 9.26. The van der Waals surface area contributed by atoms with Crippen molar-refractivity contribution in [3.8, 4) is 0 Å². The van der Waals surface area contributed by atoms with Crippen LogP contribution in [0.4, 0.5) is 0 Å². The monoisotopic (exact) mass is 870 g/mol. The summed E-state index contributed by atoms with van der Waals surface area (Å²) in [5.74, 6) is 0. The summed E-state index contributed by atoms with van der Waals surface area (Å²) in [5, 5.41) is 9.06. The van der Waals surface area contributed by atoms with E-state index < -0.39 is 39.1 Å². The van der Waals surface area contributed by atoms with E-state index in [1.165, 1.54) is 43.5 Å². The number of allylic oxidation sites excluding steroid dienone is 2. The molecule has 10 rings (SSSR count). The Kier molecular flexibility index (Phi) is 12.9. The molecule has 2 aliphatic rings. The summed E-state index contributed by atoms with van der Waals surface area (Å²) >= 11 is -1.16. The molecule has 2 atom stereocenters. The van der Waals surface area contributed by atoms with Gasteiger partial charge < -0.3 is 0 Å². The molecule has 2 aliphatic carbocycles. The van der Waals surface area contributed by atoms with Crippen molar-refractivity contribution in [3.63, 3.8) is 0 Å². The number of benzene rings is 8. The fraction of sp³-hybridized carbons (Fsp3) is 0.0714. The van der Waals surface area contributed by atoms with Crippen molar-refractivity contribution in [2.75, 3.05) is 0 Å². The van der Waals surface area contributed by atoms with Gasteiger partial charge in [0.25, 0.3) is 0 Å². The normalized spacial score (nSPS) is 15.1. The van der Waals surface area contributed by atoms with Crippen LogP contribution in [0, 0.1) is 0 Å². The second-order valence-electron chi connectivity index (χ2n) is 14.9. The van der Waals surface area contributed by atoms with Crippen LogP contribution in [0.15, 0.2) is 241 Å². The Morgan fingerprint density at radius 3 is 0.898 bits per heavy atom. The van der Waals surface area contributed by atoms with E-state index in [4.69, 9.17) is 0 Å². The van der Waals surface area contributed by atoms with Crippen molar-refractivity contribution in [1.82, 2.24) is 0 Å². The van der Waals surface area contributed by atoms with Gasteiger partial charge in [-0.25, -0.2) is 0 Å². The topological polar surface area (TPSA) is 0 Å². The maximum absolute atomic E-state index is 2.58. The standard InChI is InChI=1S/2C21H16P.C14H14.Zr/c2*1-3-11-19(12-4-1)22(20-13-5-2-6-14-20)21-15-17-9-7-8-10-18(17)16-21;1-3-7-13(8-4-1)11-12-14-9-5-2-6-10-14;/h2*1-16H;1-10H,11-12H2;. The number of aryl methyl sites for hydroxylation is 2. The summed E-state index contributed by atoms with van der Waals surface area (Å²) in [4.78, 5) is 0. The molecule has 0 nitrogen and oxygen atoms in total. The molecule has 284 valence electrons. The van der Waals surface area contributed by atoms with Gasteiger partial charge >= 0.3 is 282 Å². The van der Waals surface area contributed by atoms with E-state index >= 15 is 0 Å². The van der Waals surface area contributed by atoms with Gasteiger partial charge in [0, 0.05) is 0 Å². The Hall–Kier alpha value is -5.02. The molecule has 0 spiro atoms. The van der Waals surface area contributed by atoms with Gasteiger partial charge in [0.2, 0.25) is 0 Å². The molecule has 0 saturated carbocycles. The first-order chi connectivity index (χ1) is 29.3. The molecule has 2 unspecified atom stereocenters. The minimum absolute atomic E-state index is 0.499. The van der Waals surface area contributed by atoms with Crippen molar-refractivity contribution >= 4 is 49.2 Å². The number of fused-ring (bicyclic) bond motifs is 2. The average molecular weight is 872 g/mol. The predicted octanol–water partition coefficient (Wildman–Crippen LogP) is 13.0. The maximum atomic E-state index is 2.58. The Balaban J connectivity index is 0.000000271. The largest absolute Gasteiger partial charge is 0.0622 e. The molecule has 8 aromatic carbocycles. The van der Waals surface area contributed by atoms with Crippen molar-refractivity contribution in [2.24, 2.45) is 0 Å². The first-order valence-electron chi connectivity index (χ1n) is 20.6. The van der Waals surface area contributed by atoms with Gasteiger partial charge in [-0.3, -0.25) is 0 Å². The third-order valence-corrected chi connectivity index (χ3v) is 22.1. The number of hydrogen-bond donors (Lipinski definition) is 0. The summed E-state index contributed by atoms with van der Waals surface area (Å²) in [5.41, 5.74) is 8.76. The SMILES string of the molecule is C1=C(P(c2ccccc2)c2ccccc2)[CH]([Zr][CH]2C(P(c3ccccc3)c3ccccc3)=Cc3ccccc32)c2ccccc21.c1ccc(CCc2ccccc2)cc1. The van der Waals surface area contributed by atoms with Crippen molar-refractivity contribution < 1.29 is 23.2 Å². The van der Waals surface area contributed by atoms with E-state index in [0.29, 0.717) is 7.25 Å². The van der Waals surface area contributed by atoms with Gasteiger partial charge in [0.15, 0.2) is 0 Å². The van der Waals surface area contributed by atoms with E-state index in [1.807, 2.05) is 0 Å². The molecule has 0 saturated heterocycles. The number of hydrogen-bond acceptors (Lipinski definition) is 0. The van der Waals surface area contributed by atoms with Gasteiger partial charge in [-0.1, -0.05) is 60.7 Å². The van der Waals surface area contributed by atoms with E-state index in [0.717, 1.165) is 12.8 Å². The summed E-state index contributed by atoms with van der Waals surface area (Å²) < 4.78 is 0.999. The van der Waals surface area contributed by atoms with Crippen LogP contribution in [-0.2, 0) is 36.1 Å². The summed E-state index contributed by atoms with van der Waals surface area (Å²) in [6.45, 7) is 0. The van der Waals surface area contributed by atoms with Gasteiger partial charge in [0.05, 0.1) is 0 Å². The first kappa shape index (κ1) is 39.4. The zero-order valence-corrected chi connectivity index (χ0v) is 37.3. The molecule has 0 heterocycles. The van der Waals surface area contributed by atoms with Crippen LogP contribution in [0.1, 0.15) is 40.6 Å². The molecule has 3 heteroatoms.